The van der Waals surface area contributed by atoms with Gasteiger partial charge in [-0.05, 0) is 63.1 Å². The minimum atomic E-state index is 0.400. The maximum Gasteiger partial charge on any atom is 0.183 e. The number of halogens is 1. The number of benzene rings is 2. The first-order valence-electron chi connectivity index (χ1n) is 11.1. The molecule has 2 aromatic heterocycles. The maximum atomic E-state index is 6.58. The van der Waals surface area contributed by atoms with Gasteiger partial charge in [0.25, 0.3) is 0 Å². The lowest BCUT2D eigenvalue weighted by Crippen LogP contribution is -2.28. The quantitative estimate of drug-likeness (QED) is 0.434. The Morgan fingerprint density at radius 2 is 1.97 bits per heavy atom. The van der Waals surface area contributed by atoms with Crippen molar-refractivity contribution in [2.24, 2.45) is 0 Å². The van der Waals surface area contributed by atoms with Gasteiger partial charge in [0.15, 0.2) is 11.5 Å². The molecule has 2 aromatic carbocycles. The lowest BCUT2D eigenvalue weighted by atomic mass is 10.2. The third kappa shape index (κ3) is 3.98. The molecule has 4 aromatic rings. The zero-order valence-electron chi connectivity index (χ0n) is 18.3. The Kier molecular flexibility index (Phi) is 5.85. The molecule has 1 fully saturated rings. The second-order valence-corrected chi connectivity index (χ2v) is 8.53. The molecule has 3 heterocycles. The largest absolute Gasteiger partial charge is 0.494 e. The van der Waals surface area contributed by atoms with Crippen LogP contribution in [-0.2, 0) is 0 Å². The number of hydrogen-bond donors (Lipinski definition) is 1. The molecule has 1 N–H and O–H groups in total. The highest BCUT2D eigenvalue weighted by atomic mass is 35.5. The lowest BCUT2D eigenvalue weighted by molar-refractivity contribution is 0.277. The van der Waals surface area contributed by atoms with Gasteiger partial charge in [0.1, 0.15) is 18.1 Å². The van der Waals surface area contributed by atoms with Gasteiger partial charge in [-0.25, -0.2) is 4.98 Å². The molecule has 1 saturated heterocycles. The fourth-order valence-corrected chi connectivity index (χ4v) is 4.30. The summed E-state index contributed by atoms with van der Waals surface area (Å²) in [7, 11) is 0. The van der Waals surface area contributed by atoms with E-state index in [2.05, 4.69) is 22.4 Å². The smallest absolute Gasteiger partial charge is 0.183 e. The van der Waals surface area contributed by atoms with Gasteiger partial charge in [-0.2, -0.15) is 0 Å². The van der Waals surface area contributed by atoms with E-state index >= 15 is 0 Å². The fraction of sp³-hybridized carbons (Fsp3) is 0.375. The maximum absolute atomic E-state index is 6.58. The highest BCUT2D eigenvalue weighted by molar-refractivity contribution is 6.33. The minimum Gasteiger partial charge on any atom is -0.494 e. The van der Waals surface area contributed by atoms with Crippen LogP contribution < -0.4 is 14.8 Å². The summed E-state index contributed by atoms with van der Waals surface area (Å²) in [4.78, 5) is 4.72. The molecule has 166 valence electrons. The van der Waals surface area contributed by atoms with Crippen molar-refractivity contribution in [2.75, 3.05) is 19.8 Å². The lowest BCUT2D eigenvalue weighted by Gasteiger charge is -2.14. The van der Waals surface area contributed by atoms with E-state index in [1.54, 1.807) is 0 Å². The first kappa shape index (κ1) is 21.0. The van der Waals surface area contributed by atoms with E-state index in [0.29, 0.717) is 35.7 Å². The van der Waals surface area contributed by atoms with Crippen LogP contribution in [0.5, 0.6) is 11.5 Å². The molecular formula is C24H26ClN5O2. The van der Waals surface area contributed by atoms with Gasteiger partial charge in [0, 0.05) is 17.7 Å². The van der Waals surface area contributed by atoms with Gasteiger partial charge in [-0.3, -0.25) is 4.40 Å². The van der Waals surface area contributed by atoms with Crippen LogP contribution in [0.1, 0.15) is 31.9 Å². The second kappa shape index (κ2) is 8.92. The van der Waals surface area contributed by atoms with E-state index in [1.165, 1.54) is 6.42 Å². The van der Waals surface area contributed by atoms with E-state index in [4.69, 9.17) is 26.1 Å². The number of ether oxygens (including phenoxy) is 2. The molecule has 0 radical (unpaired) electrons. The highest BCUT2D eigenvalue weighted by Crippen LogP contribution is 2.33. The number of hydrogen-bond acceptors (Lipinski definition) is 6. The molecule has 7 nitrogen and oxygen atoms in total. The first-order valence-corrected chi connectivity index (χ1v) is 11.5. The average Bonchev–Trinajstić information content (AvgIpc) is 3.48. The third-order valence-electron chi connectivity index (χ3n) is 5.73. The number of fused-ring (bicyclic) bond motifs is 3. The van der Waals surface area contributed by atoms with Gasteiger partial charge in [0.2, 0.25) is 0 Å². The number of aromatic nitrogens is 4. The van der Waals surface area contributed by atoms with Gasteiger partial charge in [-0.15, -0.1) is 10.2 Å². The van der Waals surface area contributed by atoms with Crippen LogP contribution in [0.3, 0.4) is 0 Å². The first-order chi connectivity index (χ1) is 15.6. The molecule has 1 atom stereocenters. The fourth-order valence-electron chi connectivity index (χ4n) is 4.10. The van der Waals surface area contributed by atoms with Crippen molar-refractivity contribution >= 4 is 28.3 Å². The molecule has 8 heteroatoms. The summed E-state index contributed by atoms with van der Waals surface area (Å²) in [5.74, 6) is 2.20. The highest BCUT2D eigenvalue weighted by Gasteiger charge is 2.19. The summed E-state index contributed by atoms with van der Waals surface area (Å²) in [6, 6.07) is 12.0. The average molecular weight is 452 g/mol. The standard InChI is InChI=1S/C24H26ClN5O2/c1-3-11-31-17-6-8-20(25)19(12-17)24-29-28-23-15(2)27-21-9-7-18(13-22(21)30(23)24)32-14-16-5-4-10-26-16/h6-9,12-13,16,26H,3-5,10-11,14H2,1-2H3/t16-/m0/s1. The van der Waals surface area contributed by atoms with Crippen LogP contribution in [-0.4, -0.2) is 45.4 Å². The molecule has 5 rings (SSSR count). The van der Waals surface area contributed by atoms with E-state index in [-0.39, 0.29) is 0 Å². The third-order valence-corrected chi connectivity index (χ3v) is 6.06. The van der Waals surface area contributed by atoms with Crippen molar-refractivity contribution in [2.45, 2.75) is 39.2 Å². The Labute approximate surface area is 191 Å². The molecule has 1 aliphatic heterocycles. The summed E-state index contributed by atoms with van der Waals surface area (Å²) in [6.07, 6.45) is 3.27. The van der Waals surface area contributed by atoms with Gasteiger partial charge >= 0.3 is 0 Å². The summed E-state index contributed by atoms with van der Waals surface area (Å²) < 4.78 is 13.9. The second-order valence-electron chi connectivity index (χ2n) is 8.12. The Bertz CT molecular complexity index is 1270. The Morgan fingerprint density at radius 3 is 2.78 bits per heavy atom. The summed E-state index contributed by atoms with van der Waals surface area (Å²) in [6.45, 7) is 6.36. The SMILES string of the molecule is CCCOc1ccc(Cl)c(-c2nnc3c(C)nc4ccc(OC[C@@H]5CCCN5)cc4n23)c1. The minimum absolute atomic E-state index is 0.400. The topological polar surface area (TPSA) is 73.6 Å². The molecule has 0 saturated carbocycles. The van der Waals surface area contributed by atoms with Crippen molar-refractivity contribution in [1.29, 1.82) is 0 Å². The summed E-state index contributed by atoms with van der Waals surface area (Å²) in [5.41, 5.74) is 3.98. The predicted octanol–water partition coefficient (Wildman–Crippen LogP) is 4.83. The molecule has 1 aliphatic rings. The van der Waals surface area contributed by atoms with Crippen LogP contribution in [0.25, 0.3) is 28.1 Å². The Hall–Kier alpha value is -2.90. The monoisotopic (exact) mass is 451 g/mol. The van der Waals surface area contributed by atoms with Crippen molar-refractivity contribution in [3.05, 3.63) is 47.1 Å². The van der Waals surface area contributed by atoms with Crippen LogP contribution >= 0.6 is 11.6 Å². The summed E-state index contributed by atoms with van der Waals surface area (Å²) >= 11 is 6.58. The van der Waals surface area contributed by atoms with E-state index in [1.807, 2.05) is 47.7 Å². The molecular weight excluding hydrogens is 426 g/mol. The Morgan fingerprint density at radius 1 is 1.12 bits per heavy atom. The number of rotatable bonds is 7. The van der Waals surface area contributed by atoms with E-state index in [9.17, 15) is 0 Å². The number of nitrogens with zero attached hydrogens (tertiary/aromatic N) is 4. The van der Waals surface area contributed by atoms with E-state index < -0.39 is 0 Å². The number of nitrogens with one attached hydrogen (secondary N) is 1. The van der Waals surface area contributed by atoms with Gasteiger partial charge < -0.3 is 14.8 Å². The van der Waals surface area contributed by atoms with Crippen molar-refractivity contribution in [1.82, 2.24) is 24.9 Å². The molecule has 0 aliphatic carbocycles. The summed E-state index contributed by atoms with van der Waals surface area (Å²) in [5, 5.41) is 12.9. The Balaban J connectivity index is 1.60. The van der Waals surface area contributed by atoms with Crippen LogP contribution in [0.2, 0.25) is 5.02 Å². The van der Waals surface area contributed by atoms with Crippen LogP contribution in [0, 0.1) is 6.92 Å². The zero-order valence-corrected chi connectivity index (χ0v) is 19.0. The van der Waals surface area contributed by atoms with Gasteiger partial charge in [-0.1, -0.05) is 18.5 Å². The molecule has 0 unspecified atom stereocenters. The van der Waals surface area contributed by atoms with Crippen molar-refractivity contribution in [3.63, 3.8) is 0 Å². The van der Waals surface area contributed by atoms with Crippen molar-refractivity contribution < 1.29 is 9.47 Å². The van der Waals surface area contributed by atoms with Crippen LogP contribution in [0.15, 0.2) is 36.4 Å². The van der Waals surface area contributed by atoms with Crippen molar-refractivity contribution in [3.8, 4) is 22.9 Å². The van der Waals surface area contributed by atoms with E-state index in [0.717, 1.165) is 53.2 Å². The number of aryl methyl sites for hydroxylation is 1. The zero-order chi connectivity index (χ0) is 22.1. The molecule has 0 spiro atoms. The van der Waals surface area contributed by atoms with Gasteiger partial charge in [0.05, 0.1) is 28.4 Å². The predicted molar refractivity (Wildman–Crippen MR) is 126 cm³/mol. The molecule has 0 bridgehead atoms. The molecule has 32 heavy (non-hydrogen) atoms. The molecule has 0 amide bonds. The van der Waals surface area contributed by atoms with Crippen LogP contribution in [0.4, 0.5) is 0 Å². The normalized spacial score (nSPS) is 16.2.